The van der Waals surface area contributed by atoms with E-state index in [1.54, 1.807) is 0 Å². The Hall–Kier alpha value is -2.29. The average molecular weight is 376 g/mol. The first-order valence-electron chi connectivity index (χ1n) is 7.41. The Morgan fingerprint density at radius 2 is 1.84 bits per heavy atom. The predicted octanol–water partition coefficient (Wildman–Crippen LogP) is 2.90. The second-order valence-corrected chi connectivity index (χ2v) is 8.51. The van der Waals surface area contributed by atoms with Gasteiger partial charge in [0, 0.05) is 7.05 Å². The van der Waals surface area contributed by atoms with Crippen LogP contribution in [-0.4, -0.2) is 37.8 Å². The van der Waals surface area contributed by atoms with Crippen LogP contribution >= 0.6 is 11.3 Å². The number of para-hydroxylation sites is 1. The summed E-state index contributed by atoms with van der Waals surface area (Å²) >= 11 is 1.47. The first kappa shape index (κ1) is 17.5. The third-order valence-electron chi connectivity index (χ3n) is 3.68. The van der Waals surface area contributed by atoms with Gasteiger partial charge in [-0.2, -0.15) is 4.31 Å². The number of nitrogens with zero attached hydrogens (tertiary/aromatic N) is 2. The van der Waals surface area contributed by atoms with Gasteiger partial charge >= 0.3 is 5.97 Å². The molecule has 0 N–H and O–H groups in total. The van der Waals surface area contributed by atoms with Crippen LogP contribution in [0.2, 0.25) is 0 Å². The molecular weight excluding hydrogens is 360 g/mol. The van der Waals surface area contributed by atoms with E-state index < -0.39 is 16.0 Å². The molecule has 0 unspecified atom stereocenters. The van der Waals surface area contributed by atoms with Crippen molar-refractivity contribution in [1.29, 1.82) is 0 Å². The SMILES string of the molecule is COC(=O)c1ccc(S(=O)(=O)N(C)Cc2nc3ccccc3s2)cc1. The van der Waals surface area contributed by atoms with E-state index in [9.17, 15) is 13.2 Å². The lowest BCUT2D eigenvalue weighted by molar-refractivity contribution is 0.0600. The van der Waals surface area contributed by atoms with E-state index in [4.69, 9.17) is 0 Å². The van der Waals surface area contributed by atoms with Crippen molar-refractivity contribution in [2.45, 2.75) is 11.4 Å². The van der Waals surface area contributed by atoms with Gasteiger partial charge in [-0.15, -0.1) is 11.3 Å². The molecular formula is C17H16N2O4S2. The van der Waals surface area contributed by atoms with Gasteiger partial charge in [0.1, 0.15) is 5.01 Å². The second-order valence-electron chi connectivity index (χ2n) is 5.35. The minimum absolute atomic E-state index is 0.115. The maximum atomic E-state index is 12.7. The monoisotopic (exact) mass is 376 g/mol. The van der Waals surface area contributed by atoms with Crippen molar-refractivity contribution in [3.63, 3.8) is 0 Å². The molecule has 2 aromatic carbocycles. The van der Waals surface area contributed by atoms with Crippen LogP contribution in [0.4, 0.5) is 0 Å². The predicted molar refractivity (Wildman–Crippen MR) is 96.1 cm³/mol. The first-order chi connectivity index (χ1) is 11.9. The number of esters is 1. The molecule has 0 aliphatic carbocycles. The molecule has 130 valence electrons. The topological polar surface area (TPSA) is 76.6 Å². The van der Waals surface area contributed by atoms with Crippen molar-refractivity contribution in [1.82, 2.24) is 9.29 Å². The zero-order chi connectivity index (χ0) is 18.0. The maximum Gasteiger partial charge on any atom is 0.337 e. The van der Waals surface area contributed by atoms with Gasteiger partial charge in [-0.1, -0.05) is 12.1 Å². The number of thiazole rings is 1. The average Bonchev–Trinajstić information content (AvgIpc) is 3.03. The number of rotatable bonds is 5. The van der Waals surface area contributed by atoms with Gasteiger partial charge in [0.25, 0.3) is 0 Å². The van der Waals surface area contributed by atoms with Crippen molar-refractivity contribution < 1.29 is 17.9 Å². The minimum Gasteiger partial charge on any atom is -0.465 e. The molecule has 0 fully saturated rings. The molecule has 3 rings (SSSR count). The molecule has 0 atom stereocenters. The number of sulfonamides is 1. The number of hydrogen-bond donors (Lipinski definition) is 0. The van der Waals surface area contributed by atoms with Gasteiger partial charge in [-0.25, -0.2) is 18.2 Å². The van der Waals surface area contributed by atoms with Crippen LogP contribution in [-0.2, 0) is 21.3 Å². The number of hydrogen-bond acceptors (Lipinski definition) is 6. The summed E-state index contributed by atoms with van der Waals surface area (Å²) in [5, 5.41) is 0.721. The lowest BCUT2D eigenvalue weighted by atomic mass is 10.2. The number of carbonyl (C=O) groups excluding carboxylic acids is 1. The van der Waals surface area contributed by atoms with E-state index in [1.807, 2.05) is 24.3 Å². The van der Waals surface area contributed by atoms with E-state index in [1.165, 1.54) is 54.1 Å². The molecule has 6 nitrogen and oxygen atoms in total. The largest absolute Gasteiger partial charge is 0.465 e. The highest BCUT2D eigenvalue weighted by Gasteiger charge is 2.22. The third kappa shape index (κ3) is 3.55. The Morgan fingerprint density at radius 3 is 2.48 bits per heavy atom. The highest BCUT2D eigenvalue weighted by Crippen LogP contribution is 2.24. The van der Waals surface area contributed by atoms with Crippen molar-refractivity contribution in [2.24, 2.45) is 0 Å². The smallest absolute Gasteiger partial charge is 0.337 e. The molecule has 0 saturated heterocycles. The number of methoxy groups -OCH3 is 1. The van der Waals surface area contributed by atoms with Gasteiger partial charge in [0.15, 0.2) is 0 Å². The highest BCUT2D eigenvalue weighted by molar-refractivity contribution is 7.89. The van der Waals surface area contributed by atoms with Crippen molar-refractivity contribution in [2.75, 3.05) is 14.2 Å². The highest BCUT2D eigenvalue weighted by atomic mass is 32.2. The normalized spacial score (nSPS) is 11.8. The lowest BCUT2D eigenvalue weighted by Crippen LogP contribution is -2.26. The second kappa shape index (κ2) is 6.91. The summed E-state index contributed by atoms with van der Waals surface area (Å²) < 4.78 is 32.3. The van der Waals surface area contributed by atoms with Crippen molar-refractivity contribution in [3.8, 4) is 0 Å². The van der Waals surface area contributed by atoms with Crippen LogP contribution in [0.3, 0.4) is 0 Å². The number of ether oxygens (including phenoxy) is 1. The molecule has 1 aromatic heterocycles. The number of carbonyl (C=O) groups is 1. The van der Waals surface area contributed by atoms with Gasteiger partial charge in [0.2, 0.25) is 10.0 Å². The summed E-state index contributed by atoms with van der Waals surface area (Å²) in [4.78, 5) is 16.0. The van der Waals surface area contributed by atoms with E-state index in [0.717, 1.165) is 15.2 Å². The lowest BCUT2D eigenvalue weighted by Gasteiger charge is -2.16. The molecule has 0 radical (unpaired) electrons. The Bertz CT molecular complexity index is 978. The van der Waals surface area contributed by atoms with Crippen LogP contribution in [0.5, 0.6) is 0 Å². The summed E-state index contributed by atoms with van der Waals surface area (Å²) in [6, 6.07) is 13.3. The fourth-order valence-electron chi connectivity index (χ4n) is 2.32. The van der Waals surface area contributed by atoms with Gasteiger partial charge < -0.3 is 4.74 Å². The Kier molecular flexibility index (Phi) is 4.85. The zero-order valence-corrected chi connectivity index (χ0v) is 15.3. The number of benzene rings is 2. The summed E-state index contributed by atoms with van der Waals surface area (Å²) in [6.07, 6.45) is 0. The Labute approximate surface area is 149 Å². The standard InChI is InChI=1S/C17H16N2O4S2/c1-19(11-16-18-14-5-3-4-6-15(14)24-16)25(21,22)13-9-7-12(8-10-13)17(20)23-2/h3-10H,11H2,1-2H3. The van der Waals surface area contributed by atoms with E-state index in [-0.39, 0.29) is 11.4 Å². The van der Waals surface area contributed by atoms with E-state index in [2.05, 4.69) is 9.72 Å². The summed E-state index contributed by atoms with van der Waals surface area (Å²) in [7, 11) is -0.890. The molecule has 0 aliphatic heterocycles. The molecule has 0 aliphatic rings. The van der Waals surface area contributed by atoms with Gasteiger partial charge in [0.05, 0.1) is 34.3 Å². The third-order valence-corrected chi connectivity index (χ3v) is 6.52. The fourth-order valence-corrected chi connectivity index (χ4v) is 4.56. The number of fused-ring (bicyclic) bond motifs is 1. The Morgan fingerprint density at radius 1 is 1.16 bits per heavy atom. The van der Waals surface area contributed by atoms with Crippen LogP contribution in [0, 0.1) is 0 Å². The van der Waals surface area contributed by atoms with Crippen LogP contribution < -0.4 is 0 Å². The summed E-state index contributed by atoms with van der Waals surface area (Å²) in [5.74, 6) is -0.508. The molecule has 3 aromatic rings. The van der Waals surface area contributed by atoms with Crippen LogP contribution in [0.1, 0.15) is 15.4 Å². The van der Waals surface area contributed by atoms with Crippen molar-refractivity contribution >= 4 is 37.5 Å². The molecule has 0 bridgehead atoms. The summed E-state index contributed by atoms with van der Waals surface area (Å²) in [6.45, 7) is 0.181. The molecule has 0 saturated carbocycles. The first-order valence-corrected chi connectivity index (χ1v) is 9.66. The molecule has 0 amide bonds. The quantitative estimate of drug-likeness (QED) is 0.640. The van der Waals surface area contributed by atoms with Crippen LogP contribution in [0.25, 0.3) is 10.2 Å². The zero-order valence-electron chi connectivity index (χ0n) is 13.7. The van der Waals surface area contributed by atoms with E-state index in [0.29, 0.717) is 5.56 Å². The van der Waals surface area contributed by atoms with E-state index >= 15 is 0 Å². The molecule has 1 heterocycles. The van der Waals surface area contributed by atoms with Gasteiger partial charge in [-0.3, -0.25) is 0 Å². The fraction of sp³-hybridized carbons (Fsp3) is 0.176. The number of aromatic nitrogens is 1. The minimum atomic E-state index is -3.68. The Balaban J connectivity index is 1.82. The van der Waals surface area contributed by atoms with Crippen LogP contribution in [0.15, 0.2) is 53.4 Å². The summed E-state index contributed by atoms with van der Waals surface area (Å²) in [5.41, 5.74) is 1.16. The molecule has 8 heteroatoms. The van der Waals surface area contributed by atoms with Gasteiger partial charge in [-0.05, 0) is 36.4 Å². The van der Waals surface area contributed by atoms with Crippen molar-refractivity contribution in [3.05, 3.63) is 59.1 Å². The molecule has 25 heavy (non-hydrogen) atoms. The maximum absolute atomic E-state index is 12.7. The molecule has 0 spiro atoms.